The number of nitrogens with one attached hydrogen (secondary N) is 1. The van der Waals surface area contributed by atoms with Gasteiger partial charge in [-0.05, 0) is 57.7 Å². The third-order valence-corrected chi connectivity index (χ3v) is 5.86. The summed E-state index contributed by atoms with van der Waals surface area (Å²) in [5.41, 5.74) is 0. The normalized spacial score (nSPS) is 19.7. The van der Waals surface area contributed by atoms with Gasteiger partial charge in [0.1, 0.15) is 12.4 Å². The first-order valence-corrected chi connectivity index (χ1v) is 8.87. The van der Waals surface area contributed by atoms with Crippen molar-refractivity contribution in [1.29, 1.82) is 0 Å². The lowest BCUT2D eigenvalue weighted by Gasteiger charge is -2.22. The molecule has 0 spiro atoms. The predicted octanol–water partition coefficient (Wildman–Crippen LogP) is 1.15. The van der Waals surface area contributed by atoms with E-state index in [-0.39, 0.29) is 5.25 Å². The Morgan fingerprint density at radius 2 is 2.00 bits per heavy atom. The van der Waals surface area contributed by atoms with Crippen molar-refractivity contribution in [2.45, 2.75) is 23.0 Å². The van der Waals surface area contributed by atoms with Crippen LogP contribution in [0.5, 0.6) is 5.75 Å². The molecule has 0 bridgehead atoms. The van der Waals surface area contributed by atoms with Crippen molar-refractivity contribution in [3.05, 3.63) is 24.3 Å². The molecule has 118 valence electrons. The molecule has 0 saturated carbocycles. The number of piperidine rings is 1. The highest BCUT2D eigenvalue weighted by molar-refractivity contribution is 7.92. The Balaban J connectivity index is 2.00. The van der Waals surface area contributed by atoms with Crippen molar-refractivity contribution in [1.82, 2.24) is 10.2 Å². The van der Waals surface area contributed by atoms with Crippen LogP contribution in [0.25, 0.3) is 0 Å². The summed E-state index contributed by atoms with van der Waals surface area (Å²) in [7, 11) is 0.728. The molecule has 0 amide bonds. The van der Waals surface area contributed by atoms with Crippen molar-refractivity contribution in [2.24, 2.45) is 0 Å². The molecule has 1 saturated heterocycles. The molecule has 1 aromatic rings. The number of likely N-dealkylation sites (N-methyl/N-ethyl adjacent to an activating group) is 1. The third kappa shape index (κ3) is 4.43. The Kier molecular flexibility index (Phi) is 5.61. The fourth-order valence-electron chi connectivity index (χ4n) is 2.35. The van der Waals surface area contributed by atoms with E-state index in [4.69, 9.17) is 4.74 Å². The lowest BCUT2D eigenvalue weighted by atomic mass is 10.2. The zero-order valence-corrected chi connectivity index (χ0v) is 13.5. The van der Waals surface area contributed by atoms with Crippen LogP contribution in [0.4, 0.5) is 0 Å². The molecule has 1 aliphatic rings. The minimum atomic E-state index is -3.24. The second-order valence-electron chi connectivity index (χ2n) is 5.64. The van der Waals surface area contributed by atoms with Gasteiger partial charge in [-0.3, -0.25) is 0 Å². The minimum Gasteiger partial charge on any atom is -0.492 e. The Morgan fingerprint density at radius 3 is 2.57 bits per heavy atom. The van der Waals surface area contributed by atoms with E-state index < -0.39 is 9.84 Å². The molecule has 21 heavy (non-hydrogen) atoms. The molecule has 1 atom stereocenters. The Labute approximate surface area is 127 Å². The largest absolute Gasteiger partial charge is 0.492 e. The summed E-state index contributed by atoms with van der Waals surface area (Å²) >= 11 is 0. The van der Waals surface area contributed by atoms with E-state index in [9.17, 15) is 8.42 Å². The van der Waals surface area contributed by atoms with Crippen molar-refractivity contribution in [3.8, 4) is 5.75 Å². The summed E-state index contributed by atoms with van der Waals surface area (Å²) in [5, 5.41) is 2.84. The molecule has 1 aromatic carbocycles. The van der Waals surface area contributed by atoms with E-state index in [1.54, 1.807) is 24.3 Å². The zero-order chi connectivity index (χ0) is 15.3. The number of hydrogen-bond acceptors (Lipinski definition) is 5. The highest BCUT2D eigenvalue weighted by Gasteiger charge is 2.28. The fourth-order valence-corrected chi connectivity index (χ4v) is 4.06. The van der Waals surface area contributed by atoms with Crippen LogP contribution in [0.3, 0.4) is 0 Å². The second kappa shape index (κ2) is 7.24. The van der Waals surface area contributed by atoms with E-state index in [1.165, 1.54) is 0 Å². The van der Waals surface area contributed by atoms with Gasteiger partial charge in [0.25, 0.3) is 0 Å². The van der Waals surface area contributed by atoms with Gasteiger partial charge in [0.15, 0.2) is 9.84 Å². The van der Waals surface area contributed by atoms with Crippen LogP contribution >= 0.6 is 0 Å². The van der Waals surface area contributed by atoms with Crippen LogP contribution < -0.4 is 10.1 Å². The average molecular weight is 312 g/mol. The smallest absolute Gasteiger partial charge is 0.182 e. The summed E-state index contributed by atoms with van der Waals surface area (Å²) < 4.78 is 30.6. The van der Waals surface area contributed by atoms with Crippen molar-refractivity contribution >= 4 is 9.84 Å². The van der Waals surface area contributed by atoms with Crippen LogP contribution in [-0.4, -0.2) is 58.9 Å². The van der Waals surface area contributed by atoms with E-state index >= 15 is 0 Å². The molecule has 1 fully saturated rings. The van der Waals surface area contributed by atoms with Crippen molar-refractivity contribution in [2.75, 3.05) is 40.3 Å². The number of hydrogen-bond donors (Lipinski definition) is 1. The summed E-state index contributed by atoms with van der Waals surface area (Å²) in [6.07, 6.45) is 1.64. The lowest BCUT2D eigenvalue weighted by Crippen LogP contribution is -2.38. The molecule has 0 aliphatic carbocycles. The number of nitrogens with zero attached hydrogens (tertiary/aromatic N) is 1. The first kappa shape index (κ1) is 16.3. The second-order valence-corrected chi connectivity index (χ2v) is 7.86. The quantitative estimate of drug-likeness (QED) is 0.854. The summed E-state index contributed by atoms with van der Waals surface area (Å²) in [6, 6.07) is 6.77. The number of rotatable bonds is 6. The lowest BCUT2D eigenvalue weighted by molar-refractivity contribution is 0.261. The molecule has 0 radical (unpaired) electrons. The van der Waals surface area contributed by atoms with Gasteiger partial charge in [0.2, 0.25) is 0 Å². The highest BCUT2D eigenvalue weighted by atomic mass is 32.2. The Hall–Kier alpha value is -1.11. The van der Waals surface area contributed by atoms with Gasteiger partial charge in [-0.15, -0.1) is 0 Å². The van der Waals surface area contributed by atoms with Gasteiger partial charge >= 0.3 is 0 Å². The van der Waals surface area contributed by atoms with Crippen molar-refractivity contribution in [3.63, 3.8) is 0 Å². The van der Waals surface area contributed by atoms with E-state index in [2.05, 4.69) is 5.32 Å². The molecule has 1 N–H and O–H groups in total. The first-order chi connectivity index (χ1) is 10.00. The van der Waals surface area contributed by atoms with Crippen LogP contribution in [0.1, 0.15) is 12.8 Å². The van der Waals surface area contributed by atoms with Gasteiger partial charge in [-0.1, -0.05) is 0 Å². The maximum Gasteiger partial charge on any atom is 0.182 e. The maximum absolute atomic E-state index is 12.5. The molecular weight excluding hydrogens is 288 g/mol. The van der Waals surface area contributed by atoms with Crippen LogP contribution in [0.2, 0.25) is 0 Å². The van der Waals surface area contributed by atoms with E-state index in [0.29, 0.717) is 23.8 Å². The SMILES string of the molecule is CN(C)CCOc1ccc(S(=O)(=O)C2CCCNC2)cc1. The summed E-state index contributed by atoms with van der Waals surface area (Å²) in [6.45, 7) is 2.87. The topological polar surface area (TPSA) is 58.6 Å². The van der Waals surface area contributed by atoms with Gasteiger partial charge in [-0.2, -0.15) is 0 Å². The van der Waals surface area contributed by atoms with Crippen LogP contribution in [0.15, 0.2) is 29.2 Å². The minimum absolute atomic E-state index is 0.313. The molecule has 1 aliphatic heterocycles. The Bertz CT molecular complexity index is 535. The van der Waals surface area contributed by atoms with Crippen molar-refractivity contribution < 1.29 is 13.2 Å². The molecule has 1 heterocycles. The summed E-state index contributed by atoms with van der Waals surface area (Å²) in [5.74, 6) is 0.706. The van der Waals surface area contributed by atoms with Gasteiger partial charge < -0.3 is 15.0 Å². The van der Waals surface area contributed by atoms with E-state index in [0.717, 1.165) is 25.9 Å². The monoisotopic (exact) mass is 312 g/mol. The fraction of sp³-hybridized carbons (Fsp3) is 0.600. The highest BCUT2D eigenvalue weighted by Crippen LogP contribution is 2.23. The Morgan fingerprint density at radius 1 is 1.29 bits per heavy atom. The number of sulfone groups is 1. The van der Waals surface area contributed by atoms with Gasteiger partial charge in [0, 0.05) is 13.1 Å². The van der Waals surface area contributed by atoms with Crippen LogP contribution in [0, 0.1) is 0 Å². The molecule has 5 nitrogen and oxygen atoms in total. The molecule has 6 heteroatoms. The first-order valence-electron chi connectivity index (χ1n) is 7.32. The maximum atomic E-state index is 12.5. The number of ether oxygens (including phenoxy) is 1. The molecule has 0 aromatic heterocycles. The van der Waals surface area contributed by atoms with Crippen LogP contribution in [-0.2, 0) is 9.84 Å². The van der Waals surface area contributed by atoms with Gasteiger partial charge in [0.05, 0.1) is 10.1 Å². The standard InChI is InChI=1S/C15H24N2O3S/c1-17(2)10-11-20-13-5-7-14(8-6-13)21(18,19)15-4-3-9-16-12-15/h5-8,15-16H,3-4,9-12H2,1-2H3. The summed E-state index contributed by atoms with van der Waals surface area (Å²) in [4.78, 5) is 2.42. The molecular formula is C15H24N2O3S. The molecule has 2 rings (SSSR count). The van der Waals surface area contributed by atoms with Gasteiger partial charge in [-0.25, -0.2) is 8.42 Å². The van der Waals surface area contributed by atoms with E-state index in [1.807, 2.05) is 19.0 Å². The number of benzene rings is 1. The predicted molar refractivity (Wildman–Crippen MR) is 83.6 cm³/mol. The molecule has 1 unspecified atom stereocenters. The average Bonchev–Trinajstić information content (AvgIpc) is 2.48. The third-order valence-electron chi connectivity index (χ3n) is 3.65. The zero-order valence-electron chi connectivity index (χ0n) is 12.7.